The zero-order chi connectivity index (χ0) is 24.7. The van der Waals surface area contributed by atoms with Crippen LogP contribution in [0.5, 0.6) is 11.5 Å². The van der Waals surface area contributed by atoms with Crippen molar-refractivity contribution in [1.82, 2.24) is 9.88 Å². The average Bonchev–Trinajstić information content (AvgIpc) is 3.67. The molecule has 0 atom stereocenters. The van der Waals surface area contributed by atoms with Gasteiger partial charge in [-0.2, -0.15) is 0 Å². The van der Waals surface area contributed by atoms with Gasteiger partial charge >= 0.3 is 0 Å². The number of aldehydes is 1. The summed E-state index contributed by atoms with van der Waals surface area (Å²) in [6, 6.07) is 10.6. The predicted octanol–water partition coefficient (Wildman–Crippen LogP) is 5.78. The van der Waals surface area contributed by atoms with E-state index in [2.05, 4.69) is 30.4 Å². The lowest BCUT2D eigenvalue weighted by Crippen LogP contribution is -2.36. The van der Waals surface area contributed by atoms with Crippen LogP contribution in [0.4, 0.5) is 5.69 Å². The second kappa shape index (κ2) is 9.32. The van der Waals surface area contributed by atoms with Gasteiger partial charge in [-0.3, -0.25) is 4.98 Å². The van der Waals surface area contributed by atoms with Crippen LogP contribution in [-0.2, 0) is 10.2 Å². The summed E-state index contributed by atoms with van der Waals surface area (Å²) in [5.74, 6) is 0.258. The number of aromatic nitrogens is 1. The van der Waals surface area contributed by atoms with Gasteiger partial charge in [-0.1, -0.05) is 17.7 Å². The van der Waals surface area contributed by atoms with E-state index in [9.17, 15) is 9.90 Å². The molecule has 1 aromatic heterocycles. The van der Waals surface area contributed by atoms with E-state index in [1.807, 2.05) is 18.3 Å². The summed E-state index contributed by atoms with van der Waals surface area (Å²) < 4.78 is 5.31. The molecule has 2 aliphatic rings. The number of pyridine rings is 1. The third-order valence-electron chi connectivity index (χ3n) is 7.78. The third kappa shape index (κ3) is 4.45. The molecule has 2 saturated carbocycles. The molecule has 2 aromatic carbocycles. The minimum atomic E-state index is -0.439. The molecule has 0 unspecified atom stereocenters. The molecule has 0 spiro atoms. The van der Waals surface area contributed by atoms with E-state index in [1.54, 1.807) is 12.1 Å². The lowest BCUT2D eigenvalue weighted by molar-refractivity contribution is -0.109. The summed E-state index contributed by atoms with van der Waals surface area (Å²) in [5, 5.41) is 15.2. The fraction of sp³-hybridized carbons (Fsp3) is 0.429. The zero-order valence-corrected chi connectivity index (χ0v) is 21.2. The zero-order valence-electron chi connectivity index (χ0n) is 20.5. The summed E-state index contributed by atoms with van der Waals surface area (Å²) in [5.41, 5.74) is 4.23. The number of carbonyl (C=O) groups is 1. The van der Waals surface area contributed by atoms with Gasteiger partial charge < -0.3 is 24.9 Å². The van der Waals surface area contributed by atoms with Gasteiger partial charge in [0.25, 0.3) is 0 Å². The van der Waals surface area contributed by atoms with Crippen LogP contribution in [0.2, 0.25) is 5.02 Å². The first-order valence-corrected chi connectivity index (χ1v) is 12.6. The van der Waals surface area contributed by atoms with Gasteiger partial charge in [-0.25, -0.2) is 0 Å². The Bertz CT molecular complexity index is 1260. The van der Waals surface area contributed by atoms with Gasteiger partial charge in [-0.05, 0) is 88.0 Å². The van der Waals surface area contributed by atoms with E-state index in [1.165, 1.54) is 7.11 Å². The van der Waals surface area contributed by atoms with Crippen molar-refractivity contribution in [3.63, 3.8) is 0 Å². The quantitative estimate of drug-likeness (QED) is 0.406. The van der Waals surface area contributed by atoms with Gasteiger partial charge in [0.2, 0.25) is 0 Å². The van der Waals surface area contributed by atoms with Gasteiger partial charge in [0.05, 0.1) is 23.1 Å². The highest BCUT2D eigenvalue weighted by atomic mass is 35.5. The smallest absolute Gasteiger partial charge is 0.176 e. The molecule has 0 radical (unpaired) electrons. The number of aromatic hydroxyl groups is 1. The number of carbonyl (C=O) groups excluding carboxylic acids is 1. The van der Waals surface area contributed by atoms with Crippen molar-refractivity contribution in [1.29, 1.82) is 0 Å². The fourth-order valence-electron chi connectivity index (χ4n) is 5.33. The van der Waals surface area contributed by atoms with E-state index in [0.29, 0.717) is 17.8 Å². The SMILES string of the molecule is COc1cc(-c2ccc3ncc(C4(C=O)CC4)c(N[C@H]4CC[C@H](N(C)C)CC4)c3c2)cc(Cl)c1O. The average molecular weight is 494 g/mol. The number of rotatable bonds is 7. The Hall–Kier alpha value is -2.83. The lowest BCUT2D eigenvalue weighted by atomic mass is 9.89. The van der Waals surface area contributed by atoms with E-state index in [-0.39, 0.29) is 10.8 Å². The molecule has 5 rings (SSSR count). The first-order valence-electron chi connectivity index (χ1n) is 12.2. The van der Waals surface area contributed by atoms with E-state index in [0.717, 1.165) is 78.1 Å². The number of nitrogens with zero attached hydrogens (tertiary/aromatic N) is 2. The number of anilines is 1. The van der Waals surface area contributed by atoms with Crippen molar-refractivity contribution in [2.75, 3.05) is 26.5 Å². The van der Waals surface area contributed by atoms with Gasteiger partial charge in [0.1, 0.15) is 6.29 Å². The highest BCUT2D eigenvalue weighted by Crippen LogP contribution is 2.51. The minimum Gasteiger partial charge on any atom is -0.503 e. The summed E-state index contributed by atoms with van der Waals surface area (Å²) in [4.78, 5) is 19.1. The highest BCUT2D eigenvalue weighted by Gasteiger charge is 2.46. The molecule has 0 amide bonds. The summed E-state index contributed by atoms with van der Waals surface area (Å²) in [6.45, 7) is 0. The molecular formula is C28H32ClN3O3. The Kier molecular flexibility index (Phi) is 6.36. The molecule has 3 aromatic rings. The van der Waals surface area contributed by atoms with Crippen molar-refractivity contribution >= 4 is 34.5 Å². The molecule has 2 N–H and O–H groups in total. The number of methoxy groups -OCH3 is 1. The van der Waals surface area contributed by atoms with E-state index < -0.39 is 5.41 Å². The Morgan fingerprint density at radius 3 is 2.51 bits per heavy atom. The van der Waals surface area contributed by atoms with Crippen LogP contribution >= 0.6 is 11.6 Å². The van der Waals surface area contributed by atoms with Gasteiger partial charge in [0, 0.05) is 34.9 Å². The van der Waals surface area contributed by atoms with Crippen molar-refractivity contribution < 1.29 is 14.6 Å². The summed E-state index contributed by atoms with van der Waals surface area (Å²) in [7, 11) is 5.81. The number of benzene rings is 2. The first kappa shape index (κ1) is 23.9. The largest absolute Gasteiger partial charge is 0.503 e. The molecule has 2 fully saturated rings. The summed E-state index contributed by atoms with van der Waals surface area (Å²) in [6.07, 6.45) is 9.18. The van der Waals surface area contributed by atoms with Crippen LogP contribution in [0.3, 0.4) is 0 Å². The van der Waals surface area contributed by atoms with Crippen molar-refractivity contribution in [2.24, 2.45) is 0 Å². The second-order valence-corrected chi connectivity index (χ2v) is 10.6. The van der Waals surface area contributed by atoms with Crippen molar-refractivity contribution in [2.45, 2.75) is 56.0 Å². The fourth-order valence-corrected chi connectivity index (χ4v) is 5.54. The number of hydrogen-bond donors (Lipinski definition) is 2. The maximum absolute atomic E-state index is 12.1. The van der Waals surface area contributed by atoms with E-state index in [4.69, 9.17) is 21.3 Å². The first-order chi connectivity index (χ1) is 16.8. The normalized spacial score (nSPS) is 21.2. The third-order valence-corrected chi connectivity index (χ3v) is 8.06. The molecule has 0 saturated heterocycles. The number of phenolic OH excluding ortho intramolecular Hbond substituents is 1. The number of halogens is 1. The molecule has 0 bridgehead atoms. The Morgan fingerprint density at radius 2 is 1.89 bits per heavy atom. The predicted molar refractivity (Wildman–Crippen MR) is 141 cm³/mol. The molecule has 6 nitrogen and oxygen atoms in total. The Balaban J connectivity index is 1.59. The maximum atomic E-state index is 12.1. The Labute approximate surface area is 211 Å². The number of nitrogens with one attached hydrogen (secondary N) is 1. The van der Waals surface area contributed by atoms with Crippen molar-refractivity contribution in [3.8, 4) is 22.6 Å². The molecule has 184 valence electrons. The van der Waals surface area contributed by atoms with Crippen LogP contribution in [0.25, 0.3) is 22.0 Å². The van der Waals surface area contributed by atoms with Crippen LogP contribution in [0, 0.1) is 0 Å². The lowest BCUT2D eigenvalue weighted by Gasteiger charge is -2.34. The Morgan fingerprint density at radius 1 is 1.14 bits per heavy atom. The monoisotopic (exact) mass is 493 g/mol. The minimum absolute atomic E-state index is 0.0694. The van der Waals surface area contributed by atoms with Crippen LogP contribution in [-0.4, -0.2) is 54.6 Å². The topological polar surface area (TPSA) is 74.7 Å². The molecule has 2 aliphatic carbocycles. The molecule has 35 heavy (non-hydrogen) atoms. The number of ether oxygens (including phenoxy) is 1. The number of fused-ring (bicyclic) bond motifs is 1. The van der Waals surface area contributed by atoms with Crippen molar-refractivity contribution in [3.05, 3.63) is 47.1 Å². The van der Waals surface area contributed by atoms with Crippen LogP contribution in [0.1, 0.15) is 44.1 Å². The number of phenols is 1. The van der Waals surface area contributed by atoms with Gasteiger partial charge in [0.15, 0.2) is 11.5 Å². The molecule has 7 heteroatoms. The highest BCUT2D eigenvalue weighted by molar-refractivity contribution is 6.32. The number of hydrogen-bond acceptors (Lipinski definition) is 6. The van der Waals surface area contributed by atoms with E-state index >= 15 is 0 Å². The second-order valence-electron chi connectivity index (χ2n) is 10.2. The van der Waals surface area contributed by atoms with Crippen LogP contribution in [0.15, 0.2) is 36.5 Å². The van der Waals surface area contributed by atoms with Gasteiger partial charge in [-0.15, -0.1) is 0 Å². The standard InChI is InChI=1S/C28H32ClN3O3/c1-32(2)20-7-5-19(6-8-20)31-26-21-12-17(18-13-23(29)27(34)25(14-18)35-3)4-9-24(21)30-15-22(26)28(16-33)10-11-28/h4,9,12-16,19-20,34H,5-8,10-11H2,1-3H3,(H,30,31)/t19-,20-. The van der Waals surface area contributed by atoms with Crippen LogP contribution < -0.4 is 10.1 Å². The molecular weight excluding hydrogens is 462 g/mol. The maximum Gasteiger partial charge on any atom is 0.176 e. The molecule has 0 aliphatic heterocycles. The summed E-state index contributed by atoms with van der Waals surface area (Å²) >= 11 is 6.28. The molecule has 1 heterocycles.